The minimum atomic E-state index is -0.0171. The number of hydrogen-bond donors (Lipinski definition) is 1. The average molecular weight is 234 g/mol. The van der Waals surface area contributed by atoms with Gasteiger partial charge in [0.25, 0.3) is 0 Å². The van der Waals surface area contributed by atoms with Gasteiger partial charge in [0.15, 0.2) is 0 Å². The second-order valence-electron chi connectivity index (χ2n) is 4.82. The number of anilines is 1. The van der Waals surface area contributed by atoms with Gasteiger partial charge in [-0.15, -0.1) is 0 Å². The first-order valence-electron chi connectivity index (χ1n) is 6.41. The summed E-state index contributed by atoms with van der Waals surface area (Å²) in [7, 11) is 0. The number of nitrogens with one attached hydrogen (secondary N) is 1. The zero-order valence-corrected chi connectivity index (χ0v) is 11.0. The smallest absolute Gasteiger partial charge is 0.131 e. The van der Waals surface area contributed by atoms with Crippen LogP contribution in [-0.4, -0.2) is 31.8 Å². The van der Waals surface area contributed by atoms with Crippen LogP contribution in [0.1, 0.15) is 20.8 Å². The maximum Gasteiger partial charge on any atom is 0.131 e. The van der Waals surface area contributed by atoms with E-state index in [4.69, 9.17) is 4.74 Å². The zero-order chi connectivity index (χ0) is 12.3. The Morgan fingerprint density at radius 2 is 1.76 bits per heavy atom. The molecule has 3 nitrogen and oxygen atoms in total. The lowest BCUT2D eigenvalue weighted by Crippen LogP contribution is -2.60. The monoisotopic (exact) mass is 234 g/mol. The summed E-state index contributed by atoms with van der Waals surface area (Å²) < 4.78 is 5.96. The molecule has 3 heteroatoms. The molecule has 0 unspecified atom stereocenters. The Kier molecular flexibility index (Phi) is 3.57. The SMILES string of the molecule is CCN(CC)c1ccc(OC2(C)CNC2)cc1. The van der Waals surface area contributed by atoms with Crippen molar-refractivity contribution in [1.29, 1.82) is 0 Å². The van der Waals surface area contributed by atoms with Gasteiger partial charge >= 0.3 is 0 Å². The highest BCUT2D eigenvalue weighted by molar-refractivity contribution is 5.48. The van der Waals surface area contributed by atoms with E-state index in [9.17, 15) is 0 Å². The van der Waals surface area contributed by atoms with Crippen molar-refractivity contribution in [3.8, 4) is 5.75 Å². The fraction of sp³-hybridized carbons (Fsp3) is 0.571. The molecule has 0 aromatic heterocycles. The Morgan fingerprint density at radius 3 is 2.18 bits per heavy atom. The third-order valence-electron chi connectivity index (χ3n) is 3.33. The number of benzene rings is 1. The molecule has 1 N–H and O–H groups in total. The van der Waals surface area contributed by atoms with Crippen molar-refractivity contribution >= 4 is 5.69 Å². The molecule has 0 saturated carbocycles. The Hall–Kier alpha value is -1.22. The van der Waals surface area contributed by atoms with Crippen molar-refractivity contribution in [2.45, 2.75) is 26.4 Å². The molecule has 1 aromatic rings. The molecule has 0 radical (unpaired) electrons. The second-order valence-corrected chi connectivity index (χ2v) is 4.82. The van der Waals surface area contributed by atoms with E-state index in [1.54, 1.807) is 0 Å². The van der Waals surface area contributed by atoms with Crippen LogP contribution in [0.15, 0.2) is 24.3 Å². The molecule has 17 heavy (non-hydrogen) atoms. The number of rotatable bonds is 5. The molecule has 1 heterocycles. The quantitative estimate of drug-likeness (QED) is 0.846. The van der Waals surface area contributed by atoms with Crippen LogP contribution in [0.5, 0.6) is 5.75 Å². The Balaban J connectivity index is 2.02. The standard InChI is InChI=1S/C14H22N2O/c1-4-16(5-2)12-6-8-13(9-7-12)17-14(3)10-15-11-14/h6-9,15H,4-5,10-11H2,1-3H3. The molecule has 0 amide bonds. The first kappa shape index (κ1) is 12.2. The molecular formula is C14H22N2O. The lowest BCUT2D eigenvalue weighted by Gasteiger charge is -2.39. The number of hydrogen-bond acceptors (Lipinski definition) is 3. The average Bonchev–Trinajstić information content (AvgIpc) is 2.31. The minimum absolute atomic E-state index is 0.0171. The van der Waals surface area contributed by atoms with Crippen LogP contribution in [0.2, 0.25) is 0 Å². The summed E-state index contributed by atoms with van der Waals surface area (Å²) in [6, 6.07) is 8.41. The molecule has 0 bridgehead atoms. The van der Waals surface area contributed by atoms with Crippen molar-refractivity contribution in [1.82, 2.24) is 5.32 Å². The highest BCUT2D eigenvalue weighted by Gasteiger charge is 2.33. The Morgan fingerprint density at radius 1 is 1.18 bits per heavy atom. The number of ether oxygens (including phenoxy) is 1. The number of nitrogens with zero attached hydrogens (tertiary/aromatic N) is 1. The Labute approximate surface area is 104 Å². The maximum absolute atomic E-state index is 5.96. The van der Waals surface area contributed by atoms with Crippen LogP contribution >= 0.6 is 0 Å². The summed E-state index contributed by atoms with van der Waals surface area (Å²) in [5.41, 5.74) is 1.25. The molecule has 1 aromatic carbocycles. The van der Waals surface area contributed by atoms with Gasteiger partial charge in [-0.1, -0.05) is 0 Å². The van der Waals surface area contributed by atoms with E-state index in [0.29, 0.717) is 0 Å². The van der Waals surface area contributed by atoms with E-state index in [-0.39, 0.29) is 5.60 Å². The molecule has 0 atom stereocenters. The van der Waals surface area contributed by atoms with Crippen LogP contribution < -0.4 is 15.0 Å². The van der Waals surface area contributed by atoms with Crippen molar-refractivity contribution in [3.05, 3.63) is 24.3 Å². The lowest BCUT2D eigenvalue weighted by molar-refractivity contribution is 0.0349. The van der Waals surface area contributed by atoms with E-state index in [2.05, 4.69) is 55.3 Å². The summed E-state index contributed by atoms with van der Waals surface area (Å²) in [5.74, 6) is 0.963. The lowest BCUT2D eigenvalue weighted by atomic mass is 10.00. The highest BCUT2D eigenvalue weighted by Crippen LogP contribution is 2.24. The molecular weight excluding hydrogens is 212 g/mol. The second kappa shape index (κ2) is 4.96. The topological polar surface area (TPSA) is 24.5 Å². The van der Waals surface area contributed by atoms with Gasteiger partial charge in [-0.3, -0.25) is 0 Å². The molecule has 1 saturated heterocycles. The fourth-order valence-corrected chi connectivity index (χ4v) is 2.15. The van der Waals surface area contributed by atoms with Crippen LogP contribution in [0.25, 0.3) is 0 Å². The highest BCUT2D eigenvalue weighted by atomic mass is 16.5. The van der Waals surface area contributed by atoms with E-state index >= 15 is 0 Å². The van der Waals surface area contributed by atoms with Crippen LogP contribution in [0, 0.1) is 0 Å². The summed E-state index contributed by atoms with van der Waals surface area (Å²) in [6.45, 7) is 10.4. The van der Waals surface area contributed by atoms with Gasteiger partial charge in [-0.2, -0.15) is 0 Å². The van der Waals surface area contributed by atoms with E-state index in [1.807, 2.05) is 0 Å². The van der Waals surface area contributed by atoms with E-state index in [1.165, 1.54) is 5.69 Å². The largest absolute Gasteiger partial charge is 0.485 e. The van der Waals surface area contributed by atoms with Gasteiger partial charge in [0.05, 0.1) is 0 Å². The van der Waals surface area contributed by atoms with Gasteiger partial charge in [0.2, 0.25) is 0 Å². The van der Waals surface area contributed by atoms with Gasteiger partial charge in [-0.25, -0.2) is 0 Å². The first-order valence-corrected chi connectivity index (χ1v) is 6.41. The van der Waals surface area contributed by atoms with E-state index < -0.39 is 0 Å². The van der Waals surface area contributed by atoms with Crippen molar-refractivity contribution < 1.29 is 4.74 Å². The Bertz CT molecular complexity index is 353. The molecule has 0 aliphatic carbocycles. The van der Waals surface area contributed by atoms with Gasteiger partial charge < -0.3 is 15.0 Å². The first-order chi connectivity index (χ1) is 8.17. The summed E-state index contributed by atoms with van der Waals surface area (Å²) in [5, 5.41) is 3.24. The third-order valence-corrected chi connectivity index (χ3v) is 3.33. The third kappa shape index (κ3) is 2.72. The zero-order valence-electron chi connectivity index (χ0n) is 11.0. The molecule has 1 aliphatic heterocycles. The van der Waals surface area contributed by atoms with Crippen molar-refractivity contribution in [3.63, 3.8) is 0 Å². The van der Waals surface area contributed by atoms with Gasteiger partial charge in [0, 0.05) is 31.9 Å². The van der Waals surface area contributed by atoms with Crippen LogP contribution in [0.3, 0.4) is 0 Å². The minimum Gasteiger partial charge on any atom is -0.485 e. The summed E-state index contributed by atoms with van der Waals surface area (Å²) in [4.78, 5) is 2.33. The fourth-order valence-electron chi connectivity index (χ4n) is 2.15. The molecule has 2 rings (SSSR count). The normalized spacial score (nSPS) is 17.4. The van der Waals surface area contributed by atoms with Crippen LogP contribution in [-0.2, 0) is 0 Å². The van der Waals surface area contributed by atoms with E-state index in [0.717, 1.165) is 31.9 Å². The molecule has 0 spiro atoms. The van der Waals surface area contributed by atoms with Crippen molar-refractivity contribution in [2.75, 3.05) is 31.1 Å². The van der Waals surface area contributed by atoms with Gasteiger partial charge in [-0.05, 0) is 45.0 Å². The predicted octanol–water partition coefficient (Wildman–Crippen LogP) is 2.27. The molecule has 1 aliphatic rings. The molecule has 94 valence electrons. The van der Waals surface area contributed by atoms with Gasteiger partial charge in [0.1, 0.15) is 11.4 Å². The maximum atomic E-state index is 5.96. The molecule has 1 fully saturated rings. The van der Waals surface area contributed by atoms with Crippen molar-refractivity contribution in [2.24, 2.45) is 0 Å². The summed E-state index contributed by atoms with van der Waals surface area (Å²) in [6.07, 6.45) is 0. The predicted molar refractivity (Wildman–Crippen MR) is 71.9 cm³/mol. The van der Waals surface area contributed by atoms with Crippen LogP contribution in [0.4, 0.5) is 5.69 Å². The summed E-state index contributed by atoms with van der Waals surface area (Å²) >= 11 is 0.